The molecular weight excluding hydrogens is 396 g/mol. The van der Waals surface area contributed by atoms with Crippen molar-refractivity contribution in [2.45, 2.75) is 18.4 Å². The van der Waals surface area contributed by atoms with Gasteiger partial charge in [0.05, 0.1) is 11.1 Å². The summed E-state index contributed by atoms with van der Waals surface area (Å²) >= 11 is 0. The van der Waals surface area contributed by atoms with Crippen molar-refractivity contribution in [3.05, 3.63) is 82.9 Å². The molecule has 3 aromatic rings. The van der Waals surface area contributed by atoms with Crippen LogP contribution in [0.3, 0.4) is 0 Å². The normalized spacial score (nSPS) is 17.3. The maximum atomic E-state index is 13.1. The molecule has 0 N–H and O–H groups in total. The Balaban J connectivity index is 1.77. The van der Waals surface area contributed by atoms with E-state index in [0.717, 1.165) is 10.8 Å². The number of alkyl halides is 6. The van der Waals surface area contributed by atoms with Crippen LogP contribution in [0.5, 0.6) is 0 Å². The summed E-state index contributed by atoms with van der Waals surface area (Å²) in [6.45, 7) is -0.142. The van der Waals surface area contributed by atoms with E-state index in [9.17, 15) is 26.3 Å². The van der Waals surface area contributed by atoms with Crippen molar-refractivity contribution in [1.82, 2.24) is 0 Å². The van der Waals surface area contributed by atoms with Crippen molar-refractivity contribution in [2.24, 2.45) is 4.99 Å². The molecule has 1 aliphatic heterocycles. The van der Waals surface area contributed by atoms with Crippen LogP contribution in [-0.4, -0.2) is 12.5 Å². The highest BCUT2D eigenvalue weighted by Crippen LogP contribution is 2.39. The van der Waals surface area contributed by atoms with Crippen molar-refractivity contribution in [2.75, 3.05) is 6.61 Å². The number of benzene rings is 3. The van der Waals surface area contributed by atoms with Crippen LogP contribution in [-0.2, 0) is 17.1 Å². The molecule has 0 unspecified atom stereocenters. The molecule has 1 heterocycles. The molecule has 0 bridgehead atoms. The van der Waals surface area contributed by atoms with Crippen LogP contribution >= 0.6 is 0 Å². The van der Waals surface area contributed by atoms with Crippen LogP contribution in [0.25, 0.3) is 10.8 Å². The third-order valence-corrected chi connectivity index (χ3v) is 4.67. The number of halogens is 6. The van der Waals surface area contributed by atoms with Gasteiger partial charge in [0.25, 0.3) is 0 Å². The van der Waals surface area contributed by atoms with E-state index in [-0.39, 0.29) is 24.1 Å². The molecule has 1 atom stereocenters. The lowest BCUT2D eigenvalue weighted by atomic mass is 10.0. The first-order chi connectivity index (χ1) is 13.6. The van der Waals surface area contributed by atoms with Crippen LogP contribution in [0.15, 0.2) is 65.7 Å². The third kappa shape index (κ3) is 3.79. The molecule has 0 amide bonds. The highest BCUT2D eigenvalue weighted by atomic mass is 19.4. The van der Waals surface area contributed by atoms with Crippen molar-refractivity contribution in [3.63, 3.8) is 0 Å². The molecule has 1 aliphatic rings. The summed E-state index contributed by atoms with van der Waals surface area (Å²) in [5, 5.41) is 1.74. The molecule has 4 rings (SSSR count). The Morgan fingerprint density at radius 1 is 0.793 bits per heavy atom. The second-order valence-corrected chi connectivity index (χ2v) is 6.63. The molecule has 150 valence electrons. The minimum absolute atomic E-state index is 0.106. The van der Waals surface area contributed by atoms with Crippen LogP contribution < -0.4 is 0 Å². The molecule has 3 aromatic carbocycles. The summed E-state index contributed by atoms with van der Waals surface area (Å²) in [5.74, 6) is 0.192. The largest absolute Gasteiger partial charge is 0.475 e. The molecule has 0 aliphatic carbocycles. The molecule has 0 aromatic heterocycles. The second kappa shape index (κ2) is 6.79. The molecular formula is C21H13F6NO. The number of ether oxygens (including phenoxy) is 1. The van der Waals surface area contributed by atoms with E-state index >= 15 is 0 Å². The standard InChI is InChI=1S/C21H13F6NO/c22-20(23,24)14-8-13(9-15(10-14)21(25,26)27)18-11-29-19(28-18)17-7-3-5-12-4-1-2-6-16(12)17/h1-10,18H,11H2/t18-/m0/s1. The highest BCUT2D eigenvalue weighted by Gasteiger charge is 2.38. The summed E-state index contributed by atoms with van der Waals surface area (Å²) in [6.07, 6.45) is -9.81. The average Bonchev–Trinajstić information content (AvgIpc) is 3.16. The molecule has 8 heteroatoms. The van der Waals surface area contributed by atoms with Crippen LogP contribution in [0.4, 0.5) is 26.3 Å². The lowest BCUT2D eigenvalue weighted by Crippen LogP contribution is -2.13. The molecule has 0 saturated heterocycles. The van der Waals surface area contributed by atoms with Gasteiger partial charge in [0.15, 0.2) is 0 Å². The minimum atomic E-state index is -4.91. The minimum Gasteiger partial charge on any atom is -0.475 e. The van der Waals surface area contributed by atoms with E-state index in [2.05, 4.69) is 4.99 Å². The summed E-state index contributed by atoms with van der Waals surface area (Å²) in [4.78, 5) is 4.28. The Kier molecular flexibility index (Phi) is 4.52. The summed E-state index contributed by atoms with van der Waals surface area (Å²) < 4.78 is 84.2. The van der Waals surface area contributed by atoms with Gasteiger partial charge in [-0.1, -0.05) is 36.4 Å². The number of aliphatic imine (C=N–C) groups is 1. The van der Waals surface area contributed by atoms with Gasteiger partial charge >= 0.3 is 12.4 Å². The predicted molar refractivity (Wildman–Crippen MR) is 95.6 cm³/mol. The first-order valence-corrected chi connectivity index (χ1v) is 8.61. The second-order valence-electron chi connectivity index (χ2n) is 6.63. The van der Waals surface area contributed by atoms with Gasteiger partial charge in [-0.3, -0.25) is 0 Å². The fourth-order valence-electron chi connectivity index (χ4n) is 3.28. The Labute approximate surface area is 161 Å². The third-order valence-electron chi connectivity index (χ3n) is 4.67. The lowest BCUT2D eigenvalue weighted by molar-refractivity contribution is -0.143. The van der Waals surface area contributed by atoms with Gasteiger partial charge in [0.1, 0.15) is 12.6 Å². The molecule has 0 spiro atoms. The maximum absolute atomic E-state index is 13.1. The first-order valence-electron chi connectivity index (χ1n) is 8.61. The van der Waals surface area contributed by atoms with E-state index < -0.39 is 29.5 Å². The van der Waals surface area contributed by atoms with Crippen molar-refractivity contribution in [3.8, 4) is 0 Å². The topological polar surface area (TPSA) is 21.6 Å². The molecule has 0 fully saturated rings. The number of hydrogen-bond donors (Lipinski definition) is 0. The van der Waals surface area contributed by atoms with Gasteiger partial charge in [0.2, 0.25) is 5.90 Å². The molecule has 0 radical (unpaired) electrons. The van der Waals surface area contributed by atoms with Crippen molar-refractivity contribution < 1.29 is 31.1 Å². The number of rotatable bonds is 2. The molecule has 0 saturated carbocycles. The van der Waals surface area contributed by atoms with Crippen molar-refractivity contribution in [1.29, 1.82) is 0 Å². The smallest absolute Gasteiger partial charge is 0.416 e. The fraction of sp³-hybridized carbons (Fsp3) is 0.190. The molecule has 2 nitrogen and oxygen atoms in total. The predicted octanol–water partition coefficient (Wildman–Crippen LogP) is 6.40. The van der Waals surface area contributed by atoms with E-state index in [0.29, 0.717) is 17.7 Å². The summed E-state index contributed by atoms with van der Waals surface area (Å²) in [6, 6.07) is 13.3. The maximum Gasteiger partial charge on any atom is 0.416 e. The van der Waals surface area contributed by atoms with Crippen molar-refractivity contribution >= 4 is 16.7 Å². The van der Waals surface area contributed by atoms with Gasteiger partial charge < -0.3 is 4.74 Å². The summed E-state index contributed by atoms with van der Waals surface area (Å²) in [7, 11) is 0. The average molecular weight is 409 g/mol. The van der Waals surface area contributed by atoms with E-state index in [1.165, 1.54) is 0 Å². The molecule has 29 heavy (non-hydrogen) atoms. The summed E-state index contributed by atoms with van der Waals surface area (Å²) in [5.41, 5.74) is -2.29. The van der Waals surface area contributed by atoms with Gasteiger partial charge in [-0.15, -0.1) is 0 Å². The quantitative estimate of drug-likeness (QED) is 0.449. The Hall–Kier alpha value is -3.03. The van der Waals surface area contributed by atoms with Gasteiger partial charge in [0, 0.05) is 5.56 Å². The van der Waals surface area contributed by atoms with Crippen LogP contribution in [0, 0.1) is 0 Å². The Morgan fingerprint density at radius 2 is 1.41 bits per heavy atom. The number of nitrogens with zero attached hydrogens (tertiary/aromatic N) is 1. The SMILES string of the molecule is FC(F)(F)c1cc([C@@H]2COC(c3cccc4ccccc34)=N2)cc(C(F)(F)F)c1. The lowest BCUT2D eigenvalue weighted by Gasteiger charge is -2.15. The van der Waals surface area contributed by atoms with Gasteiger partial charge in [-0.2, -0.15) is 26.3 Å². The fourth-order valence-corrected chi connectivity index (χ4v) is 3.28. The first kappa shape index (κ1) is 19.3. The van der Waals surface area contributed by atoms with Gasteiger partial charge in [-0.25, -0.2) is 4.99 Å². The van der Waals surface area contributed by atoms with Crippen LogP contribution in [0.1, 0.15) is 28.3 Å². The number of fused-ring (bicyclic) bond motifs is 1. The van der Waals surface area contributed by atoms with E-state index in [4.69, 9.17) is 4.74 Å². The Bertz CT molecular complexity index is 1060. The zero-order valence-electron chi connectivity index (χ0n) is 14.7. The zero-order chi connectivity index (χ0) is 20.8. The van der Waals surface area contributed by atoms with E-state index in [1.807, 2.05) is 30.3 Å². The monoisotopic (exact) mass is 409 g/mol. The Morgan fingerprint density at radius 3 is 2.07 bits per heavy atom. The van der Waals surface area contributed by atoms with Gasteiger partial charge in [-0.05, 0) is 40.6 Å². The number of hydrogen-bond acceptors (Lipinski definition) is 2. The zero-order valence-corrected chi connectivity index (χ0v) is 14.7. The highest BCUT2D eigenvalue weighted by molar-refractivity contribution is 6.07. The van der Waals surface area contributed by atoms with E-state index in [1.54, 1.807) is 12.1 Å². The van der Waals surface area contributed by atoms with Crippen LogP contribution in [0.2, 0.25) is 0 Å².